The Balaban J connectivity index is 1.70. The molecule has 2 saturated heterocycles. The maximum atomic E-state index is 5.63. The molecule has 0 aromatic rings. The minimum absolute atomic E-state index is 0.451. The molecule has 1 aliphatic carbocycles. The molecule has 1 saturated carbocycles. The second-order valence-electron chi connectivity index (χ2n) is 6.50. The molecule has 2 atom stereocenters. The van der Waals surface area contributed by atoms with Gasteiger partial charge in [-0.15, -0.1) is 0 Å². The Morgan fingerprint density at radius 1 is 1.33 bits per heavy atom. The first-order valence-electron chi connectivity index (χ1n) is 7.91. The molecule has 3 rings (SSSR count). The fraction of sp³-hybridized carbons (Fsp3) is 1.00. The number of hydrogen-bond acceptors (Lipinski definition) is 3. The minimum Gasteiger partial charge on any atom is -0.380 e. The van der Waals surface area contributed by atoms with Gasteiger partial charge in [-0.05, 0) is 25.7 Å². The van der Waals surface area contributed by atoms with Gasteiger partial charge in [-0.3, -0.25) is 4.90 Å². The lowest BCUT2D eigenvalue weighted by molar-refractivity contribution is 0.0329. The molecule has 0 radical (unpaired) electrons. The van der Waals surface area contributed by atoms with E-state index in [0.29, 0.717) is 11.6 Å². The maximum absolute atomic E-state index is 5.63. The Bertz CT molecular complexity index is 270. The number of nitrogens with one attached hydrogen (secondary N) is 1. The van der Waals surface area contributed by atoms with Gasteiger partial charge in [-0.25, -0.2) is 0 Å². The first-order chi connectivity index (χ1) is 8.83. The highest BCUT2D eigenvalue weighted by Gasteiger charge is 2.43. The van der Waals surface area contributed by atoms with Crippen LogP contribution in [-0.4, -0.2) is 48.8 Å². The van der Waals surface area contributed by atoms with Crippen LogP contribution in [0.5, 0.6) is 0 Å². The van der Waals surface area contributed by atoms with Crippen LogP contribution < -0.4 is 5.32 Å². The molecule has 104 valence electrons. The number of ether oxygens (including phenoxy) is 1. The first-order valence-corrected chi connectivity index (χ1v) is 7.91. The predicted molar refractivity (Wildman–Crippen MR) is 73.8 cm³/mol. The van der Waals surface area contributed by atoms with E-state index in [1.807, 2.05) is 0 Å². The van der Waals surface area contributed by atoms with E-state index in [4.69, 9.17) is 4.74 Å². The second-order valence-corrected chi connectivity index (χ2v) is 6.50. The van der Waals surface area contributed by atoms with E-state index < -0.39 is 0 Å². The zero-order valence-electron chi connectivity index (χ0n) is 11.8. The normalized spacial score (nSPS) is 36.5. The van der Waals surface area contributed by atoms with Gasteiger partial charge in [0.05, 0.1) is 6.61 Å². The van der Waals surface area contributed by atoms with Crippen LogP contribution in [0.25, 0.3) is 0 Å². The monoisotopic (exact) mass is 252 g/mol. The largest absolute Gasteiger partial charge is 0.380 e. The highest BCUT2D eigenvalue weighted by molar-refractivity contribution is 5.02. The molecule has 1 spiro atoms. The van der Waals surface area contributed by atoms with Crippen LogP contribution in [0.4, 0.5) is 0 Å². The van der Waals surface area contributed by atoms with Gasteiger partial charge < -0.3 is 10.1 Å². The minimum atomic E-state index is 0.451. The van der Waals surface area contributed by atoms with Crippen molar-refractivity contribution >= 4 is 0 Å². The van der Waals surface area contributed by atoms with E-state index in [-0.39, 0.29) is 0 Å². The fourth-order valence-corrected chi connectivity index (χ4v) is 4.18. The van der Waals surface area contributed by atoms with Crippen LogP contribution in [0.15, 0.2) is 0 Å². The summed E-state index contributed by atoms with van der Waals surface area (Å²) in [5.74, 6) is 0. The van der Waals surface area contributed by atoms with E-state index in [0.717, 1.165) is 19.3 Å². The van der Waals surface area contributed by atoms with E-state index in [1.54, 1.807) is 0 Å². The van der Waals surface area contributed by atoms with Crippen molar-refractivity contribution in [2.75, 3.05) is 26.3 Å². The molecule has 0 bridgehead atoms. The van der Waals surface area contributed by atoms with Gasteiger partial charge in [0, 0.05) is 37.3 Å². The molecule has 0 aromatic carbocycles. The van der Waals surface area contributed by atoms with Crippen LogP contribution in [0.2, 0.25) is 0 Å². The number of piperazine rings is 1. The summed E-state index contributed by atoms with van der Waals surface area (Å²) in [5.41, 5.74) is 0.451. The summed E-state index contributed by atoms with van der Waals surface area (Å²) < 4.78 is 5.63. The van der Waals surface area contributed by atoms with Crippen LogP contribution in [0, 0.1) is 0 Å². The molecule has 1 N–H and O–H groups in total. The predicted octanol–water partition coefficient (Wildman–Crippen LogP) is 2.16. The van der Waals surface area contributed by atoms with Crippen molar-refractivity contribution in [1.82, 2.24) is 10.2 Å². The summed E-state index contributed by atoms with van der Waals surface area (Å²) in [7, 11) is 0. The summed E-state index contributed by atoms with van der Waals surface area (Å²) in [5, 5.41) is 3.90. The zero-order chi connectivity index (χ0) is 12.4. The molecule has 3 nitrogen and oxygen atoms in total. The molecule has 0 amide bonds. The topological polar surface area (TPSA) is 24.5 Å². The Morgan fingerprint density at radius 3 is 2.83 bits per heavy atom. The van der Waals surface area contributed by atoms with E-state index in [1.165, 1.54) is 58.0 Å². The highest BCUT2D eigenvalue weighted by atomic mass is 16.5. The van der Waals surface area contributed by atoms with Gasteiger partial charge in [0.2, 0.25) is 0 Å². The third-order valence-corrected chi connectivity index (χ3v) is 5.22. The molecule has 3 aliphatic rings. The van der Waals surface area contributed by atoms with Gasteiger partial charge in [-0.2, -0.15) is 0 Å². The third-order valence-electron chi connectivity index (χ3n) is 5.22. The maximum Gasteiger partial charge on any atom is 0.0622 e. The van der Waals surface area contributed by atoms with Crippen LogP contribution in [0.3, 0.4) is 0 Å². The summed E-state index contributed by atoms with van der Waals surface area (Å²) in [6.07, 6.45) is 9.48. The molecule has 2 aliphatic heterocycles. The van der Waals surface area contributed by atoms with Gasteiger partial charge in [0.1, 0.15) is 0 Å². The van der Waals surface area contributed by atoms with E-state index in [9.17, 15) is 0 Å². The number of hydrogen-bond donors (Lipinski definition) is 1. The van der Waals surface area contributed by atoms with Crippen molar-refractivity contribution in [3.63, 3.8) is 0 Å². The summed E-state index contributed by atoms with van der Waals surface area (Å²) in [4.78, 5) is 2.80. The molecule has 3 heteroatoms. The van der Waals surface area contributed by atoms with Crippen molar-refractivity contribution in [1.29, 1.82) is 0 Å². The Labute approximate surface area is 111 Å². The lowest BCUT2D eigenvalue weighted by atomic mass is 9.90. The molecular weight excluding hydrogens is 224 g/mol. The molecule has 2 heterocycles. The number of rotatable bonds is 3. The van der Waals surface area contributed by atoms with Crippen LogP contribution >= 0.6 is 0 Å². The Kier molecular flexibility index (Phi) is 3.92. The lowest BCUT2D eigenvalue weighted by Gasteiger charge is -2.48. The zero-order valence-corrected chi connectivity index (χ0v) is 11.8. The van der Waals surface area contributed by atoms with Crippen molar-refractivity contribution in [2.45, 2.75) is 69.5 Å². The molecule has 0 aromatic heterocycles. The Hall–Kier alpha value is -0.120. The first kappa shape index (κ1) is 12.9. The lowest BCUT2D eigenvalue weighted by Crippen LogP contribution is -2.65. The summed E-state index contributed by atoms with van der Waals surface area (Å²) in [6.45, 7) is 6.72. The molecule has 3 fully saturated rings. The van der Waals surface area contributed by atoms with Gasteiger partial charge in [0.15, 0.2) is 0 Å². The molecule has 18 heavy (non-hydrogen) atoms. The van der Waals surface area contributed by atoms with E-state index in [2.05, 4.69) is 17.1 Å². The van der Waals surface area contributed by atoms with Crippen molar-refractivity contribution < 1.29 is 4.74 Å². The average Bonchev–Trinajstić information content (AvgIpc) is 3.04. The van der Waals surface area contributed by atoms with Crippen molar-refractivity contribution in [2.24, 2.45) is 0 Å². The smallest absolute Gasteiger partial charge is 0.0622 e. The second kappa shape index (κ2) is 5.48. The van der Waals surface area contributed by atoms with Crippen LogP contribution in [-0.2, 0) is 4.74 Å². The van der Waals surface area contributed by atoms with Crippen molar-refractivity contribution in [3.05, 3.63) is 0 Å². The Morgan fingerprint density at radius 2 is 2.17 bits per heavy atom. The highest BCUT2D eigenvalue weighted by Crippen LogP contribution is 2.35. The quantitative estimate of drug-likeness (QED) is 0.833. The van der Waals surface area contributed by atoms with Gasteiger partial charge in [0.25, 0.3) is 0 Å². The van der Waals surface area contributed by atoms with Crippen LogP contribution in [0.1, 0.15) is 51.9 Å². The van der Waals surface area contributed by atoms with Crippen molar-refractivity contribution in [3.8, 4) is 0 Å². The summed E-state index contributed by atoms with van der Waals surface area (Å²) >= 11 is 0. The van der Waals surface area contributed by atoms with Gasteiger partial charge in [-0.1, -0.05) is 26.2 Å². The SMILES string of the molecule is CCCC1CNC2(CCCC2)CN1C1CCOC1. The standard InChI is InChI=1S/C15H28N2O/c1-2-5-13-10-16-15(7-3-4-8-15)12-17(13)14-6-9-18-11-14/h13-14,16H,2-12H2,1H3. The molecular formula is C15H28N2O. The molecule has 2 unspecified atom stereocenters. The fourth-order valence-electron chi connectivity index (χ4n) is 4.18. The number of nitrogens with zero attached hydrogens (tertiary/aromatic N) is 1. The van der Waals surface area contributed by atoms with Gasteiger partial charge >= 0.3 is 0 Å². The average molecular weight is 252 g/mol. The third kappa shape index (κ3) is 2.45. The summed E-state index contributed by atoms with van der Waals surface area (Å²) in [6, 6.07) is 1.44. The van der Waals surface area contributed by atoms with E-state index >= 15 is 0 Å².